The van der Waals surface area contributed by atoms with Gasteiger partial charge >= 0.3 is 5.97 Å². The van der Waals surface area contributed by atoms with E-state index in [-0.39, 0.29) is 29.9 Å². The average Bonchev–Trinajstić information content (AvgIpc) is 3.75. The average molecular weight is 518 g/mol. The van der Waals surface area contributed by atoms with Gasteiger partial charge in [0.2, 0.25) is 5.91 Å². The molecule has 0 heterocycles. The van der Waals surface area contributed by atoms with Crippen LogP contribution in [0.4, 0.5) is 0 Å². The van der Waals surface area contributed by atoms with Gasteiger partial charge in [-0.25, -0.2) is 4.79 Å². The number of benzene rings is 2. The molecule has 0 bridgehead atoms. The zero-order chi connectivity index (χ0) is 27.8. The van der Waals surface area contributed by atoms with Crippen LogP contribution in [0.25, 0.3) is 0 Å². The van der Waals surface area contributed by atoms with Crippen molar-refractivity contribution >= 4 is 11.9 Å². The second-order valence-electron chi connectivity index (χ2n) is 9.85. The van der Waals surface area contributed by atoms with Crippen molar-refractivity contribution in [2.75, 3.05) is 20.3 Å². The number of allylic oxidation sites excluding steroid dienone is 1. The Morgan fingerprint density at radius 3 is 2.21 bits per heavy atom. The number of amides is 1. The molecule has 0 unspecified atom stereocenters. The molecule has 2 aromatic rings. The highest BCUT2D eigenvalue weighted by Gasteiger charge is 2.60. The van der Waals surface area contributed by atoms with E-state index in [4.69, 9.17) is 14.2 Å². The minimum atomic E-state index is -0.529. The first kappa shape index (κ1) is 28.8. The fraction of sp³-hybridized carbons (Fsp3) is 0.406. The number of esters is 1. The Balaban J connectivity index is 1.64. The molecule has 1 aliphatic rings. The standard InChI is InChI=1S/C32H39NO5/c1-7-26(22-23(4)29(34)37-9-3)38-28-16-12-25(13-17-28)32(19-20-32)31(5,8-2)30(35)33-21-18-24-10-14-27(36-6)15-11-24/h10-17H,1,4,8-9,18-22H2,2-3,5-6H3,(H,33,35)/t31-/m0/s1. The summed E-state index contributed by atoms with van der Waals surface area (Å²) in [6.45, 7) is 14.2. The molecule has 2 aromatic carbocycles. The molecule has 0 radical (unpaired) electrons. The van der Waals surface area contributed by atoms with Crippen LogP contribution >= 0.6 is 0 Å². The van der Waals surface area contributed by atoms with Gasteiger partial charge < -0.3 is 19.5 Å². The Hall–Kier alpha value is -3.76. The first-order valence-corrected chi connectivity index (χ1v) is 13.2. The maximum Gasteiger partial charge on any atom is 0.333 e. The van der Waals surface area contributed by atoms with Crippen LogP contribution in [0.2, 0.25) is 0 Å². The van der Waals surface area contributed by atoms with E-state index >= 15 is 0 Å². The summed E-state index contributed by atoms with van der Waals surface area (Å²) in [5.41, 5.74) is 4.56. The highest BCUT2D eigenvalue weighted by molar-refractivity contribution is 5.88. The van der Waals surface area contributed by atoms with Crippen molar-refractivity contribution in [2.45, 2.75) is 58.3 Å². The van der Waals surface area contributed by atoms with Gasteiger partial charge in [0.25, 0.3) is 0 Å². The third-order valence-electron chi connectivity index (χ3n) is 7.66. The van der Waals surface area contributed by atoms with Crippen molar-refractivity contribution in [1.29, 1.82) is 0 Å². The molecule has 202 valence electrons. The normalized spacial score (nSPS) is 14.8. The highest BCUT2D eigenvalue weighted by atomic mass is 16.5. The van der Waals surface area contributed by atoms with Crippen LogP contribution in [-0.4, -0.2) is 32.1 Å². The lowest BCUT2D eigenvalue weighted by Crippen LogP contribution is -2.47. The van der Waals surface area contributed by atoms with Crippen LogP contribution in [0.15, 0.2) is 78.8 Å². The van der Waals surface area contributed by atoms with Gasteiger partial charge in [0.15, 0.2) is 5.76 Å². The predicted molar refractivity (Wildman–Crippen MR) is 149 cm³/mol. The molecule has 1 saturated carbocycles. The first-order chi connectivity index (χ1) is 18.2. The number of hydrogen-bond donors (Lipinski definition) is 1. The van der Waals surface area contributed by atoms with Gasteiger partial charge in [0.05, 0.1) is 19.1 Å². The van der Waals surface area contributed by atoms with E-state index in [9.17, 15) is 9.59 Å². The van der Waals surface area contributed by atoms with Gasteiger partial charge in [-0.2, -0.15) is 0 Å². The van der Waals surface area contributed by atoms with Crippen LogP contribution in [0.3, 0.4) is 0 Å². The molecule has 0 saturated heterocycles. The summed E-state index contributed by atoms with van der Waals surface area (Å²) in [5.74, 6) is 1.44. The smallest absolute Gasteiger partial charge is 0.333 e. The molecule has 0 aliphatic heterocycles. The maximum atomic E-state index is 13.5. The van der Waals surface area contributed by atoms with Gasteiger partial charge in [-0.15, -0.1) is 0 Å². The zero-order valence-corrected chi connectivity index (χ0v) is 23.0. The van der Waals surface area contributed by atoms with E-state index in [0.29, 0.717) is 18.1 Å². The molecule has 1 N–H and O–H groups in total. The second-order valence-corrected chi connectivity index (χ2v) is 9.85. The molecule has 1 aliphatic carbocycles. The van der Waals surface area contributed by atoms with Crippen LogP contribution in [0, 0.1) is 5.41 Å². The van der Waals surface area contributed by atoms with Gasteiger partial charge in [0.1, 0.15) is 11.5 Å². The summed E-state index contributed by atoms with van der Waals surface area (Å²) in [6, 6.07) is 15.7. The monoisotopic (exact) mass is 517 g/mol. The lowest BCUT2D eigenvalue weighted by Gasteiger charge is -2.37. The van der Waals surface area contributed by atoms with Crippen molar-refractivity contribution in [2.24, 2.45) is 5.41 Å². The van der Waals surface area contributed by atoms with E-state index in [1.807, 2.05) is 48.5 Å². The number of ether oxygens (including phenoxy) is 3. The summed E-state index contributed by atoms with van der Waals surface area (Å²) in [7, 11) is 1.65. The zero-order valence-electron chi connectivity index (χ0n) is 23.0. The molecule has 38 heavy (non-hydrogen) atoms. The second kappa shape index (κ2) is 12.7. The van der Waals surface area contributed by atoms with Gasteiger partial charge in [-0.1, -0.05) is 50.1 Å². The van der Waals surface area contributed by atoms with Crippen molar-refractivity contribution in [3.63, 3.8) is 0 Å². The Kier molecular flexibility index (Phi) is 9.60. The minimum Gasteiger partial charge on any atom is -0.497 e. The Bertz CT molecular complexity index is 1190. The first-order valence-electron chi connectivity index (χ1n) is 13.2. The summed E-state index contributed by atoms with van der Waals surface area (Å²) in [6.07, 6.45) is 3.58. The molecule has 1 fully saturated rings. The van der Waals surface area contributed by atoms with Crippen molar-refractivity contribution < 1.29 is 23.8 Å². The number of hydrogen-bond acceptors (Lipinski definition) is 5. The molecule has 0 spiro atoms. The number of carbonyl (C=O) groups excluding carboxylic acids is 2. The van der Waals surface area contributed by atoms with E-state index in [0.717, 1.165) is 42.6 Å². The summed E-state index contributed by atoms with van der Waals surface area (Å²) in [4.78, 5) is 25.4. The van der Waals surface area contributed by atoms with E-state index in [1.54, 1.807) is 14.0 Å². The lowest BCUT2D eigenvalue weighted by atomic mass is 9.68. The van der Waals surface area contributed by atoms with Crippen molar-refractivity contribution in [1.82, 2.24) is 5.32 Å². The number of methoxy groups -OCH3 is 1. The maximum absolute atomic E-state index is 13.5. The molecular weight excluding hydrogens is 478 g/mol. The Morgan fingerprint density at radius 1 is 1.05 bits per heavy atom. The largest absolute Gasteiger partial charge is 0.497 e. The molecule has 1 amide bonds. The van der Waals surface area contributed by atoms with E-state index in [1.165, 1.54) is 0 Å². The molecule has 6 nitrogen and oxygen atoms in total. The number of nitrogens with one attached hydrogen (secondary N) is 1. The molecule has 6 heteroatoms. The van der Waals surface area contributed by atoms with Crippen LogP contribution < -0.4 is 14.8 Å². The Morgan fingerprint density at radius 2 is 1.68 bits per heavy atom. The molecule has 1 atom stereocenters. The summed E-state index contributed by atoms with van der Waals surface area (Å²) < 4.78 is 16.1. The minimum absolute atomic E-state index is 0.0840. The van der Waals surface area contributed by atoms with Crippen molar-refractivity contribution in [3.8, 4) is 11.5 Å². The fourth-order valence-corrected chi connectivity index (χ4v) is 4.93. The van der Waals surface area contributed by atoms with Crippen LogP contribution in [0.1, 0.15) is 57.6 Å². The highest BCUT2D eigenvalue weighted by Crippen LogP contribution is 2.61. The summed E-state index contributed by atoms with van der Waals surface area (Å²) in [5, 5.41) is 3.19. The van der Waals surface area contributed by atoms with Crippen molar-refractivity contribution in [3.05, 3.63) is 89.9 Å². The van der Waals surface area contributed by atoms with Gasteiger partial charge in [-0.05, 0) is 74.9 Å². The van der Waals surface area contributed by atoms with Gasteiger partial charge in [0, 0.05) is 24.0 Å². The third kappa shape index (κ3) is 6.38. The SMILES string of the molecule is C=C=C(CC(=C)C(=O)OCC)Oc1ccc(C2([C@@](C)(CC)C(=O)NCCc3ccc(OC)cc3)CC2)cc1. The predicted octanol–water partition coefficient (Wildman–Crippen LogP) is 6.06. The molecular formula is C32H39NO5. The van der Waals surface area contributed by atoms with E-state index < -0.39 is 11.4 Å². The Labute approximate surface area is 226 Å². The number of carbonyl (C=O) groups is 2. The molecule has 0 aromatic heterocycles. The number of rotatable bonds is 14. The quantitative estimate of drug-likeness (QED) is 0.143. The van der Waals surface area contributed by atoms with E-state index in [2.05, 4.69) is 38.1 Å². The van der Waals surface area contributed by atoms with Crippen LogP contribution in [0.5, 0.6) is 11.5 Å². The fourth-order valence-electron chi connectivity index (χ4n) is 4.93. The third-order valence-corrected chi connectivity index (χ3v) is 7.66. The lowest BCUT2D eigenvalue weighted by molar-refractivity contribution is -0.138. The topological polar surface area (TPSA) is 73.9 Å². The summed E-state index contributed by atoms with van der Waals surface area (Å²) >= 11 is 0. The molecule has 3 rings (SSSR count). The van der Waals surface area contributed by atoms with Gasteiger partial charge in [-0.3, -0.25) is 4.79 Å². The van der Waals surface area contributed by atoms with Crippen LogP contribution in [-0.2, 0) is 26.2 Å².